The molecule has 0 bridgehead atoms. The molecular weight excluding hydrogens is 371 g/mol. The number of urea groups is 1. The van der Waals surface area contributed by atoms with Gasteiger partial charge in [0.2, 0.25) is 5.91 Å². The number of rotatable bonds is 4. The fraction of sp³-hybridized carbons (Fsp3) is 0.0667. The maximum absolute atomic E-state index is 13.4. The first-order valence-corrected chi connectivity index (χ1v) is 8.06. The molecule has 7 heteroatoms. The SMILES string of the molecule is O=C(CSc1ccc(Br)cc1)NC(=O)Nc1ccccc1F. The molecule has 0 heterocycles. The van der Waals surface area contributed by atoms with Gasteiger partial charge in [0.25, 0.3) is 0 Å². The summed E-state index contributed by atoms with van der Waals surface area (Å²) in [5.74, 6) is -0.928. The monoisotopic (exact) mass is 382 g/mol. The van der Waals surface area contributed by atoms with Gasteiger partial charge in [0.1, 0.15) is 5.82 Å². The van der Waals surface area contributed by atoms with Crippen LogP contribution >= 0.6 is 27.7 Å². The Labute approximate surface area is 139 Å². The average Bonchev–Trinajstić information content (AvgIpc) is 2.49. The van der Waals surface area contributed by atoms with Crippen LogP contribution in [0, 0.1) is 5.82 Å². The third-order valence-corrected chi connectivity index (χ3v) is 4.10. The highest BCUT2D eigenvalue weighted by molar-refractivity contribution is 9.10. The van der Waals surface area contributed by atoms with Gasteiger partial charge in [0.05, 0.1) is 11.4 Å². The molecule has 4 nitrogen and oxygen atoms in total. The van der Waals surface area contributed by atoms with Gasteiger partial charge in [-0.3, -0.25) is 10.1 Å². The highest BCUT2D eigenvalue weighted by Gasteiger charge is 2.10. The van der Waals surface area contributed by atoms with Gasteiger partial charge in [-0.15, -0.1) is 11.8 Å². The molecule has 0 fully saturated rings. The van der Waals surface area contributed by atoms with Crippen molar-refractivity contribution in [1.29, 1.82) is 0 Å². The third kappa shape index (κ3) is 5.16. The largest absolute Gasteiger partial charge is 0.325 e. The molecule has 2 aromatic carbocycles. The Morgan fingerprint density at radius 2 is 1.77 bits per heavy atom. The van der Waals surface area contributed by atoms with Gasteiger partial charge in [-0.2, -0.15) is 0 Å². The Kier molecular flexibility index (Phi) is 5.97. The lowest BCUT2D eigenvalue weighted by Gasteiger charge is -2.07. The summed E-state index contributed by atoms with van der Waals surface area (Å²) in [7, 11) is 0. The molecule has 0 spiro atoms. The van der Waals surface area contributed by atoms with Gasteiger partial charge in [-0.1, -0.05) is 28.1 Å². The van der Waals surface area contributed by atoms with E-state index in [1.165, 1.54) is 30.0 Å². The lowest BCUT2D eigenvalue weighted by atomic mass is 10.3. The van der Waals surface area contributed by atoms with Crippen molar-refractivity contribution in [2.45, 2.75) is 4.90 Å². The molecule has 0 aromatic heterocycles. The van der Waals surface area contributed by atoms with Crippen molar-refractivity contribution in [3.63, 3.8) is 0 Å². The zero-order chi connectivity index (χ0) is 15.9. The minimum Gasteiger partial charge on any atom is -0.305 e. The van der Waals surface area contributed by atoms with Crippen molar-refractivity contribution in [2.75, 3.05) is 11.1 Å². The number of benzene rings is 2. The number of hydrogen-bond donors (Lipinski definition) is 2. The van der Waals surface area contributed by atoms with Gasteiger partial charge >= 0.3 is 6.03 Å². The molecule has 0 radical (unpaired) electrons. The van der Waals surface area contributed by atoms with Gasteiger partial charge in [0.15, 0.2) is 0 Å². The maximum Gasteiger partial charge on any atom is 0.325 e. The van der Waals surface area contributed by atoms with Crippen LogP contribution in [0.4, 0.5) is 14.9 Å². The summed E-state index contributed by atoms with van der Waals surface area (Å²) in [4.78, 5) is 24.2. The van der Waals surface area contributed by atoms with Crippen LogP contribution in [0.1, 0.15) is 0 Å². The second kappa shape index (κ2) is 7.95. The molecule has 22 heavy (non-hydrogen) atoms. The van der Waals surface area contributed by atoms with Crippen molar-refractivity contribution >= 4 is 45.3 Å². The molecule has 3 amide bonds. The Balaban J connectivity index is 1.80. The summed E-state index contributed by atoms with van der Waals surface area (Å²) >= 11 is 4.63. The predicted molar refractivity (Wildman–Crippen MR) is 88.4 cm³/mol. The number of nitrogens with one attached hydrogen (secondary N) is 2. The van der Waals surface area contributed by atoms with E-state index in [1.807, 2.05) is 24.3 Å². The van der Waals surface area contributed by atoms with Crippen LogP contribution in [0.25, 0.3) is 0 Å². The quantitative estimate of drug-likeness (QED) is 0.784. The standard InChI is InChI=1S/C15H12BrFN2O2S/c16-10-5-7-11(8-6-10)22-9-14(20)19-15(21)18-13-4-2-1-3-12(13)17/h1-8H,9H2,(H2,18,19,20,21). The van der Waals surface area contributed by atoms with Crippen LogP contribution in [0.2, 0.25) is 0 Å². The van der Waals surface area contributed by atoms with E-state index < -0.39 is 17.8 Å². The van der Waals surface area contributed by atoms with E-state index in [2.05, 4.69) is 26.6 Å². The molecule has 0 unspecified atom stereocenters. The number of anilines is 1. The number of thioether (sulfide) groups is 1. The van der Waals surface area contributed by atoms with Crippen molar-refractivity contribution in [2.24, 2.45) is 0 Å². The van der Waals surface area contributed by atoms with Crippen molar-refractivity contribution in [1.82, 2.24) is 5.32 Å². The molecular formula is C15H12BrFN2O2S. The Bertz CT molecular complexity index is 679. The highest BCUT2D eigenvalue weighted by atomic mass is 79.9. The second-order valence-electron chi connectivity index (χ2n) is 4.22. The van der Waals surface area contributed by atoms with Crippen LogP contribution in [-0.4, -0.2) is 17.7 Å². The first-order chi connectivity index (χ1) is 10.5. The summed E-state index contributed by atoms with van der Waals surface area (Å²) in [5, 5.41) is 4.44. The summed E-state index contributed by atoms with van der Waals surface area (Å²) in [6.07, 6.45) is 0. The predicted octanol–water partition coefficient (Wildman–Crippen LogP) is 4.03. The summed E-state index contributed by atoms with van der Waals surface area (Å²) in [6.45, 7) is 0. The molecule has 2 rings (SSSR count). The average molecular weight is 383 g/mol. The van der Waals surface area contributed by atoms with E-state index in [0.29, 0.717) is 0 Å². The summed E-state index contributed by atoms with van der Waals surface area (Å²) in [5.41, 5.74) is 0.0216. The van der Waals surface area contributed by atoms with E-state index in [4.69, 9.17) is 0 Å². The van der Waals surface area contributed by atoms with Crippen LogP contribution in [0.5, 0.6) is 0 Å². The van der Waals surface area contributed by atoms with Gasteiger partial charge in [-0.25, -0.2) is 9.18 Å². The Morgan fingerprint density at radius 1 is 1.09 bits per heavy atom. The van der Waals surface area contributed by atoms with Crippen LogP contribution < -0.4 is 10.6 Å². The number of imide groups is 1. The van der Waals surface area contributed by atoms with Crippen LogP contribution in [0.15, 0.2) is 57.9 Å². The van der Waals surface area contributed by atoms with Gasteiger partial charge in [0, 0.05) is 9.37 Å². The Morgan fingerprint density at radius 3 is 2.45 bits per heavy atom. The van der Waals surface area contributed by atoms with E-state index in [-0.39, 0.29) is 11.4 Å². The first-order valence-electron chi connectivity index (χ1n) is 6.28. The molecule has 0 atom stereocenters. The topological polar surface area (TPSA) is 58.2 Å². The molecule has 0 saturated heterocycles. The lowest BCUT2D eigenvalue weighted by molar-refractivity contribution is -0.117. The molecule has 2 N–H and O–H groups in total. The number of amides is 3. The zero-order valence-corrected chi connectivity index (χ0v) is 13.7. The third-order valence-electron chi connectivity index (χ3n) is 2.56. The van der Waals surface area contributed by atoms with E-state index in [1.54, 1.807) is 6.07 Å². The Hall–Kier alpha value is -1.86. The molecule has 0 aliphatic rings. The number of hydrogen-bond acceptors (Lipinski definition) is 3. The van der Waals surface area contributed by atoms with Crippen molar-refractivity contribution < 1.29 is 14.0 Å². The zero-order valence-electron chi connectivity index (χ0n) is 11.3. The summed E-state index contributed by atoms with van der Waals surface area (Å²) in [6, 6.07) is 12.4. The highest BCUT2D eigenvalue weighted by Crippen LogP contribution is 2.20. The number of carbonyl (C=O) groups excluding carboxylic acids is 2. The minimum absolute atomic E-state index is 0.0216. The fourth-order valence-corrected chi connectivity index (χ4v) is 2.52. The lowest BCUT2D eigenvalue weighted by Crippen LogP contribution is -2.35. The maximum atomic E-state index is 13.4. The van der Waals surface area contributed by atoms with Crippen molar-refractivity contribution in [3.8, 4) is 0 Å². The number of carbonyl (C=O) groups is 2. The first kappa shape index (κ1) is 16.5. The molecule has 0 saturated carbocycles. The minimum atomic E-state index is -0.758. The van der Waals surface area contributed by atoms with E-state index in [9.17, 15) is 14.0 Å². The normalized spacial score (nSPS) is 10.1. The van der Waals surface area contributed by atoms with Crippen LogP contribution in [0.3, 0.4) is 0 Å². The number of halogens is 2. The van der Waals surface area contributed by atoms with Gasteiger partial charge < -0.3 is 5.32 Å². The molecule has 114 valence electrons. The summed E-state index contributed by atoms with van der Waals surface area (Å²) < 4.78 is 14.3. The smallest absolute Gasteiger partial charge is 0.305 e. The number of para-hydroxylation sites is 1. The van der Waals surface area contributed by atoms with Crippen molar-refractivity contribution in [3.05, 3.63) is 58.8 Å². The molecule has 2 aromatic rings. The van der Waals surface area contributed by atoms with E-state index in [0.717, 1.165) is 9.37 Å². The molecule has 0 aliphatic carbocycles. The van der Waals surface area contributed by atoms with Crippen LogP contribution in [-0.2, 0) is 4.79 Å². The van der Waals surface area contributed by atoms with Gasteiger partial charge in [-0.05, 0) is 36.4 Å². The second-order valence-corrected chi connectivity index (χ2v) is 6.19. The van der Waals surface area contributed by atoms with E-state index >= 15 is 0 Å². The molecule has 0 aliphatic heterocycles. The fourth-order valence-electron chi connectivity index (χ4n) is 1.56.